The Labute approximate surface area is 113 Å². The molecule has 1 aromatic carbocycles. The van der Waals surface area contributed by atoms with Crippen molar-refractivity contribution in [3.8, 4) is 0 Å². The minimum atomic E-state index is -0.0521. The third kappa shape index (κ3) is 2.68. The third-order valence-corrected chi connectivity index (χ3v) is 3.76. The molecular formula is C14H19ClN2O. The van der Waals surface area contributed by atoms with Crippen LogP contribution in [0.2, 0.25) is 5.02 Å². The predicted octanol–water partition coefficient (Wildman–Crippen LogP) is 2.74. The lowest BCUT2D eigenvalue weighted by atomic mass is 9.96. The molecule has 0 aromatic heterocycles. The molecule has 0 bridgehead atoms. The Balaban J connectivity index is 2.38. The third-order valence-electron chi connectivity index (χ3n) is 3.52. The van der Waals surface area contributed by atoms with Crippen LogP contribution in [0.25, 0.3) is 0 Å². The van der Waals surface area contributed by atoms with E-state index in [2.05, 4.69) is 0 Å². The molecule has 1 heterocycles. The summed E-state index contributed by atoms with van der Waals surface area (Å²) in [4.78, 5) is 14.0. The summed E-state index contributed by atoms with van der Waals surface area (Å²) in [6, 6.07) is 7.59. The van der Waals surface area contributed by atoms with Gasteiger partial charge in [0.2, 0.25) is 5.91 Å². The Kier molecular flexibility index (Phi) is 4.25. The molecule has 1 amide bonds. The molecule has 0 spiro atoms. The van der Waals surface area contributed by atoms with Crippen molar-refractivity contribution in [3.05, 3.63) is 34.9 Å². The Hall–Kier alpha value is -1.06. The van der Waals surface area contributed by atoms with Crippen LogP contribution in [0.1, 0.15) is 37.8 Å². The van der Waals surface area contributed by atoms with Crippen molar-refractivity contribution >= 4 is 17.5 Å². The number of carbonyl (C=O) groups is 1. The molecule has 4 heteroatoms. The van der Waals surface area contributed by atoms with Crippen LogP contribution in [0.15, 0.2) is 24.3 Å². The van der Waals surface area contributed by atoms with Crippen LogP contribution in [0, 0.1) is 0 Å². The van der Waals surface area contributed by atoms with Crippen molar-refractivity contribution in [2.45, 2.75) is 38.3 Å². The van der Waals surface area contributed by atoms with E-state index in [1.54, 1.807) is 0 Å². The Morgan fingerprint density at radius 3 is 2.94 bits per heavy atom. The maximum atomic E-state index is 12.1. The normalized spacial score (nSPS) is 25.1. The highest BCUT2D eigenvalue weighted by molar-refractivity contribution is 6.30. The topological polar surface area (TPSA) is 46.3 Å². The zero-order valence-corrected chi connectivity index (χ0v) is 11.4. The number of benzene rings is 1. The quantitative estimate of drug-likeness (QED) is 0.895. The van der Waals surface area contributed by atoms with Crippen LogP contribution >= 0.6 is 11.6 Å². The summed E-state index contributed by atoms with van der Waals surface area (Å²) in [6.45, 7) is 2.68. The highest BCUT2D eigenvalue weighted by Gasteiger charge is 2.31. The highest BCUT2D eigenvalue weighted by Crippen LogP contribution is 2.31. The van der Waals surface area contributed by atoms with Crippen LogP contribution < -0.4 is 5.73 Å². The van der Waals surface area contributed by atoms with Crippen LogP contribution in [0.3, 0.4) is 0 Å². The largest absolute Gasteiger partial charge is 0.334 e. The number of hydrogen-bond acceptors (Lipinski definition) is 2. The summed E-state index contributed by atoms with van der Waals surface area (Å²) in [7, 11) is 0. The number of hydrogen-bond donors (Lipinski definition) is 1. The Morgan fingerprint density at radius 2 is 2.28 bits per heavy atom. The van der Waals surface area contributed by atoms with Crippen LogP contribution in [-0.4, -0.2) is 23.4 Å². The fourth-order valence-corrected chi connectivity index (χ4v) is 2.87. The minimum absolute atomic E-state index is 0.0186. The van der Waals surface area contributed by atoms with Crippen LogP contribution in [0.5, 0.6) is 0 Å². The van der Waals surface area contributed by atoms with E-state index in [9.17, 15) is 4.79 Å². The second-order valence-corrected chi connectivity index (χ2v) is 5.17. The van der Waals surface area contributed by atoms with Gasteiger partial charge in [0, 0.05) is 24.0 Å². The van der Waals surface area contributed by atoms with Crippen LogP contribution in [-0.2, 0) is 4.79 Å². The molecular weight excluding hydrogens is 248 g/mol. The van der Waals surface area contributed by atoms with E-state index in [1.165, 1.54) is 0 Å². The molecule has 2 atom stereocenters. The molecule has 98 valence electrons. The van der Waals surface area contributed by atoms with Gasteiger partial charge in [0.05, 0.1) is 6.04 Å². The number of nitrogens with two attached hydrogens (primary N) is 1. The summed E-state index contributed by atoms with van der Waals surface area (Å²) < 4.78 is 0. The van der Waals surface area contributed by atoms with E-state index < -0.39 is 0 Å². The molecule has 0 aliphatic carbocycles. The van der Waals surface area contributed by atoms with Gasteiger partial charge in [-0.05, 0) is 37.5 Å². The molecule has 2 rings (SSSR count). The van der Waals surface area contributed by atoms with Crippen molar-refractivity contribution in [1.29, 1.82) is 0 Å². The minimum Gasteiger partial charge on any atom is -0.334 e. The number of amides is 1. The highest BCUT2D eigenvalue weighted by atomic mass is 35.5. The molecule has 2 N–H and O–H groups in total. The van der Waals surface area contributed by atoms with Gasteiger partial charge in [-0.3, -0.25) is 4.79 Å². The molecule has 1 saturated heterocycles. The standard InChI is InChI=1S/C14H19ClN2O/c1-2-17-13(18)8-4-7-12(16)14(17)10-5-3-6-11(15)9-10/h3,5-6,9,12,14H,2,4,7-8,16H2,1H3. The summed E-state index contributed by atoms with van der Waals surface area (Å²) in [5.74, 6) is 0.190. The lowest BCUT2D eigenvalue weighted by Gasteiger charge is -2.33. The molecule has 3 nitrogen and oxygen atoms in total. The average molecular weight is 267 g/mol. The van der Waals surface area contributed by atoms with Gasteiger partial charge in [-0.2, -0.15) is 0 Å². The second kappa shape index (κ2) is 5.72. The van der Waals surface area contributed by atoms with E-state index in [4.69, 9.17) is 17.3 Å². The van der Waals surface area contributed by atoms with Gasteiger partial charge >= 0.3 is 0 Å². The van der Waals surface area contributed by atoms with Crippen molar-refractivity contribution in [3.63, 3.8) is 0 Å². The molecule has 0 radical (unpaired) electrons. The van der Waals surface area contributed by atoms with E-state index in [-0.39, 0.29) is 18.0 Å². The lowest BCUT2D eigenvalue weighted by molar-refractivity contribution is -0.133. The first-order valence-corrected chi connectivity index (χ1v) is 6.81. The number of likely N-dealkylation sites (tertiary alicyclic amines) is 1. The van der Waals surface area contributed by atoms with Crippen LogP contribution in [0.4, 0.5) is 0 Å². The predicted molar refractivity (Wildman–Crippen MR) is 73.4 cm³/mol. The first-order chi connectivity index (χ1) is 8.63. The number of nitrogens with zero attached hydrogens (tertiary/aromatic N) is 1. The molecule has 0 saturated carbocycles. The number of carbonyl (C=O) groups excluding carboxylic acids is 1. The summed E-state index contributed by atoms with van der Waals surface area (Å²) in [6.07, 6.45) is 2.34. The first kappa shape index (κ1) is 13.4. The zero-order valence-electron chi connectivity index (χ0n) is 10.6. The first-order valence-electron chi connectivity index (χ1n) is 6.44. The SMILES string of the molecule is CCN1C(=O)CCCC(N)C1c1cccc(Cl)c1. The van der Waals surface area contributed by atoms with Gasteiger partial charge in [-0.1, -0.05) is 23.7 Å². The Morgan fingerprint density at radius 1 is 1.50 bits per heavy atom. The number of likely N-dealkylation sites (N-methyl/N-ethyl adjacent to an activating group) is 1. The van der Waals surface area contributed by atoms with Crippen molar-refractivity contribution < 1.29 is 4.79 Å². The number of halogens is 1. The monoisotopic (exact) mass is 266 g/mol. The molecule has 18 heavy (non-hydrogen) atoms. The van der Waals surface area contributed by atoms with Gasteiger partial charge in [-0.15, -0.1) is 0 Å². The van der Waals surface area contributed by atoms with Crippen molar-refractivity contribution in [2.75, 3.05) is 6.54 Å². The summed E-state index contributed by atoms with van der Waals surface area (Å²) in [5, 5.41) is 0.687. The zero-order chi connectivity index (χ0) is 13.1. The van der Waals surface area contributed by atoms with E-state index in [0.717, 1.165) is 18.4 Å². The fraction of sp³-hybridized carbons (Fsp3) is 0.500. The summed E-state index contributed by atoms with van der Waals surface area (Å²) >= 11 is 6.04. The smallest absolute Gasteiger partial charge is 0.223 e. The van der Waals surface area contributed by atoms with Gasteiger partial charge in [0.25, 0.3) is 0 Å². The second-order valence-electron chi connectivity index (χ2n) is 4.74. The maximum absolute atomic E-state index is 12.1. The molecule has 1 aromatic rings. The van der Waals surface area contributed by atoms with Gasteiger partial charge in [-0.25, -0.2) is 0 Å². The molecule has 1 aliphatic heterocycles. The van der Waals surface area contributed by atoms with Gasteiger partial charge in [0.15, 0.2) is 0 Å². The molecule has 2 unspecified atom stereocenters. The van der Waals surface area contributed by atoms with Crippen molar-refractivity contribution in [1.82, 2.24) is 4.90 Å². The molecule has 1 aliphatic rings. The van der Waals surface area contributed by atoms with E-state index >= 15 is 0 Å². The van der Waals surface area contributed by atoms with Gasteiger partial charge in [0.1, 0.15) is 0 Å². The fourth-order valence-electron chi connectivity index (χ4n) is 2.67. The number of rotatable bonds is 2. The summed E-state index contributed by atoms with van der Waals surface area (Å²) in [5.41, 5.74) is 7.29. The van der Waals surface area contributed by atoms with Crippen molar-refractivity contribution in [2.24, 2.45) is 5.73 Å². The van der Waals surface area contributed by atoms with E-state index in [0.29, 0.717) is 18.0 Å². The maximum Gasteiger partial charge on any atom is 0.223 e. The molecule has 1 fully saturated rings. The van der Waals surface area contributed by atoms with Gasteiger partial charge < -0.3 is 10.6 Å². The Bertz CT molecular complexity index is 436. The van der Waals surface area contributed by atoms with E-state index in [1.807, 2.05) is 36.1 Å². The lowest BCUT2D eigenvalue weighted by Crippen LogP contribution is -2.42. The average Bonchev–Trinajstić information content (AvgIpc) is 2.48.